The van der Waals surface area contributed by atoms with Crippen molar-refractivity contribution in [2.24, 2.45) is 0 Å². The highest BCUT2D eigenvalue weighted by Gasteiger charge is 2.39. The maximum Gasteiger partial charge on any atom is 0.210 e. The van der Waals surface area contributed by atoms with E-state index >= 15 is 0 Å². The number of hydrogen-bond donors (Lipinski definition) is 1. The molecule has 18 heavy (non-hydrogen) atoms. The molecule has 0 amide bonds. The molecule has 0 fully saturated rings. The Balaban J connectivity index is 2.39. The smallest absolute Gasteiger partial charge is 0.210 e. The van der Waals surface area contributed by atoms with E-state index in [1.807, 2.05) is 13.8 Å². The molecule has 0 bridgehead atoms. The third kappa shape index (κ3) is 1.86. The van der Waals surface area contributed by atoms with Gasteiger partial charge in [0.2, 0.25) is 5.78 Å². The Kier molecular flexibility index (Phi) is 3.30. The van der Waals surface area contributed by atoms with Gasteiger partial charge in [-0.25, -0.2) is 0 Å². The van der Waals surface area contributed by atoms with E-state index in [4.69, 9.17) is 9.47 Å². The summed E-state index contributed by atoms with van der Waals surface area (Å²) in [6.07, 6.45) is -0.906. The lowest BCUT2D eigenvalue weighted by Gasteiger charge is -2.17. The van der Waals surface area contributed by atoms with Crippen molar-refractivity contribution in [3.8, 4) is 11.5 Å². The van der Waals surface area contributed by atoms with Gasteiger partial charge in [0.25, 0.3) is 0 Å². The van der Waals surface area contributed by atoms with Gasteiger partial charge in [0, 0.05) is 12.2 Å². The molecule has 0 radical (unpaired) electrons. The van der Waals surface area contributed by atoms with Crippen molar-refractivity contribution in [1.82, 2.24) is 0 Å². The van der Waals surface area contributed by atoms with Gasteiger partial charge >= 0.3 is 0 Å². The first-order valence-electron chi connectivity index (χ1n) is 6.13. The molecule has 2 rings (SSSR count). The molecule has 2 atom stereocenters. The second-order valence-corrected chi connectivity index (χ2v) is 4.60. The Labute approximate surface area is 107 Å². The summed E-state index contributed by atoms with van der Waals surface area (Å²) in [6, 6.07) is 1.70. The molecule has 0 aliphatic carbocycles. The maximum atomic E-state index is 12.3. The van der Waals surface area contributed by atoms with Crippen LogP contribution in [0, 0.1) is 13.8 Å². The van der Waals surface area contributed by atoms with E-state index in [9.17, 15) is 9.90 Å². The molecule has 0 spiro atoms. The van der Waals surface area contributed by atoms with Crippen molar-refractivity contribution in [2.75, 3.05) is 6.61 Å². The topological polar surface area (TPSA) is 55.8 Å². The first kappa shape index (κ1) is 12.9. The van der Waals surface area contributed by atoms with Crippen molar-refractivity contribution < 1.29 is 19.4 Å². The second-order valence-electron chi connectivity index (χ2n) is 4.60. The minimum Gasteiger partial charge on any atom is -0.507 e. The highest BCUT2D eigenvalue weighted by Crippen LogP contribution is 2.39. The highest BCUT2D eigenvalue weighted by molar-refractivity contribution is 6.06. The molecular weight excluding hydrogens is 232 g/mol. The van der Waals surface area contributed by atoms with E-state index in [1.165, 1.54) is 0 Å². The summed E-state index contributed by atoms with van der Waals surface area (Å²) in [7, 11) is 0. The number of phenolic OH excluding ortho intramolecular Hbond substituents is 1. The molecule has 0 saturated carbocycles. The van der Waals surface area contributed by atoms with Gasteiger partial charge in [-0.1, -0.05) is 0 Å². The maximum absolute atomic E-state index is 12.3. The van der Waals surface area contributed by atoms with Crippen molar-refractivity contribution >= 4 is 5.78 Å². The molecule has 1 aromatic carbocycles. The van der Waals surface area contributed by atoms with Gasteiger partial charge in [-0.2, -0.15) is 0 Å². The van der Waals surface area contributed by atoms with Crippen LogP contribution in [-0.2, 0) is 4.74 Å². The molecule has 4 heteroatoms. The fourth-order valence-corrected chi connectivity index (χ4v) is 2.33. The van der Waals surface area contributed by atoms with Gasteiger partial charge < -0.3 is 14.6 Å². The molecule has 2 unspecified atom stereocenters. The first-order valence-corrected chi connectivity index (χ1v) is 6.13. The van der Waals surface area contributed by atoms with Crippen molar-refractivity contribution in [3.63, 3.8) is 0 Å². The van der Waals surface area contributed by atoms with E-state index in [0.29, 0.717) is 29.0 Å². The summed E-state index contributed by atoms with van der Waals surface area (Å²) in [6.45, 7) is 7.75. The lowest BCUT2D eigenvalue weighted by molar-refractivity contribution is 0.00447. The van der Waals surface area contributed by atoms with Crippen LogP contribution in [0.5, 0.6) is 11.5 Å². The van der Waals surface area contributed by atoms with Gasteiger partial charge in [-0.15, -0.1) is 0 Å². The summed E-state index contributed by atoms with van der Waals surface area (Å²) in [5.41, 5.74) is 1.78. The Bertz CT molecular complexity index is 493. The summed E-state index contributed by atoms with van der Waals surface area (Å²) in [5.74, 6) is 0.596. The number of aromatic hydroxyl groups is 1. The molecule has 1 N–H and O–H groups in total. The van der Waals surface area contributed by atoms with Crippen molar-refractivity contribution in [2.45, 2.75) is 39.9 Å². The Morgan fingerprint density at radius 3 is 2.78 bits per heavy atom. The van der Waals surface area contributed by atoms with E-state index in [1.54, 1.807) is 19.9 Å². The number of carbonyl (C=O) groups is 1. The lowest BCUT2D eigenvalue weighted by Crippen LogP contribution is -2.34. The van der Waals surface area contributed by atoms with Crippen molar-refractivity contribution in [3.05, 3.63) is 22.8 Å². The number of ether oxygens (including phenoxy) is 2. The molecule has 1 aliphatic rings. The molecule has 1 aromatic rings. The molecule has 0 saturated heterocycles. The fourth-order valence-electron chi connectivity index (χ4n) is 2.33. The van der Waals surface area contributed by atoms with Crippen LogP contribution in [-0.4, -0.2) is 29.7 Å². The lowest BCUT2D eigenvalue weighted by atomic mass is 9.98. The van der Waals surface area contributed by atoms with Crippen molar-refractivity contribution in [1.29, 1.82) is 0 Å². The number of phenols is 1. The zero-order valence-corrected chi connectivity index (χ0v) is 11.1. The predicted molar refractivity (Wildman–Crippen MR) is 67.4 cm³/mol. The second kappa shape index (κ2) is 4.61. The van der Waals surface area contributed by atoms with Gasteiger partial charge in [0.05, 0.1) is 11.7 Å². The molecule has 1 aliphatic heterocycles. The van der Waals surface area contributed by atoms with Gasteiger partial charge in [-0.3, -0.25) is 4.79 Å². The minimum atomic E-state index is -0.611. The molecule has 98 valence electrons. The fraction of sp³-hybridized carbons (Fsp3) is 0.500. The molecule has 0 aromatic heterocycles. The summed E-state index contributed by atoms with van der Waals surface area (Å²) in [4.78, 5) is 12.3. The van der Waals surface area contributed by atoms with Crippen LogP contribution in [0.2, 0.25) is 0 Å². The average molecular weight is 250 g/mol. The standard InChI is InChI=1S/C14H18O4/c1-5-17-9(4)14-13(16)11-8(3)12(15)7(2)6-10(11)18-14/h6,9,14-15H,5H2,1-4H3. The van der Waals surface area contributed by atoms with Gasteiger partial charge in [-0.05, 0) is 39.3 Å². The minimum absolute atomic E-state index is 0.112. The predicted octanol–water partition coefficient (Wildman–Crippen LogP) is 2.38. The van der Waals surface area contributed by atoms with E-state index in [-0.39, 0.29) is 17.6 Å². The average Bonchev–Trinajstić information content (AvgIpc) is 2.64. The van der Waals surface area contributed by atoms with Crippen LogP contribution in [0.4, 0.5) is 0 Å². The van der Waals surface area contributed by atoms with Gasteiger partial charge in [0.15, 0.2) is 6.10 Å². The molecule has 4 nitrogen and oxygen atoms in total. The third-order valence-corrected chi connectivity index (χ3v) is 3.31. The van der Waals surface area contributed by atoms with Crippen LogP contribution in [0.1, 0.15) is 35.3 Å². The number of hydrogen-bond acceptors (Lipinski definition) is 4. The zero-order valence-electron chi connectivity index (χ0n) is 11.1. The normalized spacial score (nSPS) is 19.6. The monoisotopic (exact) mass is 250 g/mol. The number of rotatable bonds is 3. The highest BCUT2D eigenvalue weighted by atomic mass is 16.5. The third-order valence-electron chi connectivity index (χ3n) is 3.31. The molecular formula is C14H18O4. The number of carbonyl (C=O) groups excluding carboxylic acids is 1. The van der Waals surface area contributed by atoms with Crippen LogP contribution in [0.15, 0.2) is 6.07 Å². The van der Waals surface area contributed by atoms with E-state index < -0.39 is 6.10 Å². The largest absolute Gasteiger partial charge is 0.507 e. The number of Topliss-reactive ketones (excluding diaryl/α,β-unsaturated/α-hetero) is 1. The molecule has 1 heterocycles. The summed E-state index contributed by atoms with van der Waals surface area (Å²) in [5, 5.41) is 9.88. The Morgan fingerprint density at radius 2 is 2.17 bits per heavy atom. The first-order chi connectivity index (χ1) is 8.47. The number of aryl methyl sites for hydroxylation is 1. The number of fused-ring (bicyclic) bond motifs is 1. The Hall–Kier alpha value is -1.55. The van der Waals surface area contributed by atoms with E-state index in [0.717, 1.165) is 0 Å². The van der Waals surface area contributed by atoms with E-state index in [2.05, 4.69) is 0 Å². The van der Waals surface area contributed by atoms with Crippen LogP contribution >= 0.6 is 0 Å². The zero-order chi connectivity index (χ0) is 13.4. The van der Waals surface area contributed by atoms with Crippen LogP contribution in [0.3, 0.4) is 0 Å². The van der Waals surface area contributed by atoms with Crippen LogP contribution in [0.25, 0.3) is 0 Å². The van der Waals surface area contributed by atoms with Crippen LogP contribution < -0.4 is 4.74 Å². The van der Waals surface area contributed by atoms with Gasteiger partial charge in [0.1, 0.15) is 11.5 Å². The SMILES string of the molecule is CCOC(C)C1Oc2cc(C)c(O)c(C)c2C1=O. The number of benzene rings is 1. The summed E-state index contributed by atoms with van der Waals surface area (Å²) < 4.78 is 11.1. The Morgan fingerprint density at radius 1 is 1.50 bits per heavy atom. The summed E-state index contributed by atoms with van der Waals surface area (Å²) >= 11 is 0. The quantitative estimate of drug-likeness (QED) is 0.894. The number of ketones is 1.